The van der Waals surface area contributed by atoms with Crippen LogP contribution in [0.25, 0.3) is 16.5 Å². The van der Waals surface area contributed by atoms with Gasteiger partial charge < -0.3 is 11.1 Å². The minimum Gasteiger partial charge on any atom is -0.324 e. The highest BCUT2D eigenvalue weighted by Gasteiger charge is 2.19. The van der Waals surface area contributed by atoms with Gasteiger partial charge in [0.2, 0.25) is 0 Å². The van der Waals surface area contributed by atoms with Crippen molar-refractivity contribution in [1.29, 1.82) is 5.41 Å². The number of nitrogens with one attached hydrogen (secondary N) is 1. The standard InChI is InChI=1S/C22H21N5O/c1-14(23)18-7-6-17(10-20(18)24)16-4-2-15(3-5-16)12-27-13-26-21-11-25-9-8-19(21)22(27)28/h2-11,13,18,20,23H,12,24H2,1H3. The van der Waals surface area contributed by atoms with Gasteiger partial charge in [-0.2, -0.15) is 0 Å². The van der Waals surface area contributed by atoms with Gasteiger partial charge in [-0.15, -0.1) is 0 Å². The highest BCUT2D eigenvalue weighted by molar-refractivity contribution is 5.87. The third kappa shape index (κ3) is 3.42. The minimum absolute atomic E-state index is 0.0366. The molecular formula is C22H21N5O. The number of aromatic nitrogens is 3. The lowest BCUT2D eigenvalue weighted by molar-refractivity contribution is 0.714. The first kappa shape index (κ1) is 18.0. The van der Waals surface area contributed by atoms with Crippen LogP contribution in [-0.4, -0.2) is 26.3 Å². The average molecular weight is 371 g/mol. The number of rotatable bonds is 4. The molecule has 3 aromatic rings. The molecule has 0 amide bonds. The molecule has 140 valence electrons. The molecule has 0 fully saturated rings. The maximum Gasteiger partial charge on any atom is 0.261 e. The Morgan fingerprint density at radius 1 is 1.25 bits per heavy atom. The van der Waals surface area contributed by atoms with Gasteiger partial charge in [0.25, 0.3) is 5.56 Å². The van der Waals surface area contributed by atoms with Crippen molar-refractivity contribution in [3.05, 3.63) is 88.8 Å². The second kappa shape index (κ2) is 7.32. The normalized spacial score (nSPS) is 18.9. The van der Waals surface area contributed by atoms with Gasteiger partial charge in [0.05, 0.1) is 30.0 Å². The van der Waals surface area contributed by atoms with Crippen molar-refractivity contribution in [1.82, 2.24) is 14.5 Å². The molecule has 6 heteroatoms. The summed E-state index contributed by atoms with van der Waals surface area (Å²) < 4.78 is 1.60. The Hall–Kier alpha value is -3.38. The molecule has 1 aromatic carbocycles. The number of hydrogen-bond donors (Lipinski definition) is 2. The molecule has 2 heterocycles. The van der Waals surface area contributed by atoms with Crippen LogP contribution in [0.1, 0.15) is 18.1 Å². The molecule has 0 radical (unpaired) electrons. The quantitative estimate of drug-likeness (QED) is 0.689. The van der Waals surface area contributed by atoms with Crippen LogP contribution in [0.5, 0.6) is 0 Å². The molecular weight excluding hydrogens is 350 g/mol. The van der Waals surface area contributed by atoms with Crippen LogP contribution < -0.4 is 11.3 Å². The first-order valence-corrected chi connectivity index (χ1v) is 9.12. The summed E-state index contributed by atoms with van der Waals surface area (Å²) in [4.78, 5) is 20.9. The van der Waals surface area contributed by atoms with E-state index in [0.29, 0.717) is 23.2 Å². The molecule has 0 aliphatic heterocycles. The van der Waals surface area contributed by atoms with Crippen LogP contribution in [-0.2, 0) is 6.54 Å². The third-order valence-corrected chi connectivity index (χ3v) is 5.04. The largest absolute Gasteiger partial charge is 0.324 e. The Bertz CT molecular complexity index is 1160. The zero-order valence-corrected chi connectivity index (χ0v) is 15.5. The van der Waals surface area contributed by atoms with Gasteiger partial charge in [-0.3, -0.25) is 14.3 Å². The van der Waals surface area contributed by atoms with Crippen molar-refractivity contribution in [3.63, 3.8) is 0 Å². The summed E-state index contributed by atoms with van der Waals surface area (Å²) in [6, 6.07) is 9.57. The van der Waals surface area contributed by atoms with Crippen LogP contribution in [0, 0.1) is 11.3 Å². The topological polar surface area (TPSA) is 97.6 Å². The lowest BCUT2D eigenvalue weighted by atomic mass is 9.87. The van der Waals surface area contributed by atoms with Gasteiger partial charge >= 0.3 is 0 Å². The van der Waals surface area contributed by atoms with Crippen LogP contribution in [0.2, 0.25) is 0 Å². The summed E-state index contributed by atoms with van der Waals surface area (Å²) in [5, 5.41) is 8.36. The summed E-state index contributed by atoms with van der Waals surface area (Å²) in [5.41, 5.74) is 10.4. The third-order valence-electron chi connectivity index (χ3n) is 5.04. The van der Waals surface area contributed by atoms with E-state index in [1.165, 1.54) is 0 Å². The van der Waals surface area contributed by atoms with Crippen LogP contribution in [0.3, 0.4) is 0 Å². The van der Waals surface area contributed by atoms with Crippen molar-refractivity contribution in [2.75, 3.05) is 0 Å². The summed E-state index contributed by atoms with van der Waals surface area (Å²) in [5.74, 6) is -0.0366. The van der Waals surface area contributed by atoms with E-state index in [9.17, 15) is 4.79 Å². The van der Waals surface area contributed by atoms with Crippen molar-refractivity contribution in [3.8, 4) is 0 Å². The van der Waals surface area contributed by atoms with Gasteiger partial charge in [0.15, 0.2) is 0 Å². The first-order chi connectivity index (χ1) is 13.5. The van der Waals surface area contributed by atoms with Gasteiger partial charge in [-0.05, 0) is 29.7 Å². The van der Waals surface area contributed by atoms with Gasteiger partial charge in [-0.1, -0.05) is 42.5 Å². The van der Waals surface area contributed by atoms with Crippen LogP contribution >= 0.6 is 0 Å². The van der Waals surface area contributed by atoms with Crippen molar-refractivity contribution in [2.24, 2.45) is 11.7 Å². The van der Waals surface area contributed by atoms with Gasteiger partial charge in [0, 0.05) is 23.9 Å². The maximum absolute atomic E-state index is 12.6. The molecule has 2 aromatic heterocycles. The molecule has 6 nitrogen and oxygen atoms in total. The molecule has 0 saturated heterocycles. The summed E-state index contributed by atoms with van der Waals surface area (Å²) in [6.07, 6.45) is 10.8. The Morgan fingerprint density at radius 3 is 2.75 bits per heavy atom. The van der Waals surface area contributed by atoms with E-state index in [1.807, 2.05) is 42.5 Å². The molecule has 4 rings (SSSR count). The van der Waals surface area contributed by atoms with Crippen molar-refractivity contribution >= 4 is 22.2 Å². The molecule has 0 spiro atoms. The van der Waals surface area contributed by atoms with E-state index >= 15 is 0 Å². The Kier molecular flexibility index (Phi) is 4.71. The smallest absolute Gasteiger partial charge is 0.261 e. The molecule has 1 aliphatic carbocycles. The van der Waals surface area contributed by atoms with Crippen LogP contribution in [0.4, 0.5) is 0 Å². The second-order valence-corrected chi connectivity index (χ2v) is 7.03. The molecule has 0 saturated carbocycles. The lowest BCUT2D eigenvalue weighted by Crippen LogP contribution is -2.32. The van der Waals surface area contributed by atoms with Crippen LogP contribution in [0.15, 0.2) is 72.1 Å². The number of pyridine rings is 1. The average Bonchev–Trinajstić information content (AvgIpc) is 2.70. The van der Waals surface area contributed by atoms with Crippen molar-refractivity contribution < 1.29 is 0 Å². The lowest BCUT2D eigenvalue weighted by Gasteiger charge is -2.22. The van der Waals surface area contributed by atoms with E-state index < -0.39 is 0 Å². The van der Waals surface area contributed by atoms with E-state index in [4.69, 9.17) is 11.1 Å². The number of nitrogens with zero attached hydrogens (tertiary/aromatic N) is 3. The number of hydrogen-bond acceptors (Lipinski definition) is 5. The molecule has 2 unspecified atom stereocenters. The van der Waals surface area contributed by atoms with Gasteiger partial charge in [0.1, 0.15) is 0 Å². The fourth-order valence-corrected chi connectivity index (χ4v) is 3.45. The fraction of sp³-hybridized carbons (Fsp3) is 0.182. The summed E-state index contributed by atoms with van der Waals surface area (Å²) in [6.45, 7) is 2.23. The van der Waals surface area contributed by atoms with E-state index in [0.717, 1.165) is 16.7 Å². The molecule has 2 atom stereocenters. The Morgan fingerprint density at radius 2 is 2.04 bits per heavy atom. The zero-order valence-electron chi connectivity index (χ0n) is 15.5. The minimum atomic E-state index is -0.186. The van der Waals surface area contributed by atoms with Crippen molar-refractivity contribution in [2.45, 2.75) is 19.5 Å². The number of benzene rings is 1. The SMILES string of the molecule is CC(=N)C1C=CC(c2ccc(Cn3cnc4cnccc4c3=O)cc2)=CC1N. The maximum atomic E-state index is 12.6. The highest BCUT2D eigenvalue weighted by Crippen LogP contribution is 2.24. The number of nitrogens with two attached hydrogens (primary N) is 1. The van der Waals surface area contributed by atoms with E-state index in [1.54, 1.807) is 36.3 Å². The molecule has 0 bridgehead atoms. The van der Waals surface area contributed by atoms with E-state index in [-0.39, 0.29) is 17.5 Å². The second-order valence-electron chi connectivity index (χ2n) is 7.03. The molecule has 1 aliphatic rings. The van der Waals surface area contributed by atoms with Gasteiger partial charge in [-0.25, -0.2) is 4.98 Å². The summed E-state index contributed by atoms with van der Waals surface area (Å²) in [7, 11) is 0. The molecule has 3 N–H and O–H groups in total. The Balaban J connectivity index is 1.56. The zero-order chi connectivity index (χ0) is 19.7. The first-order valence-electron chi connectivity index (χ1n) is 9.12. The van der Waals surface area contributed by atoms with E-state index in [2.05, 4.69) is 9.97 Å². The predicted octanol–water partition coefficient (Wildman–Crippen LogP) is 2.78. The summed E-state index contributed by atoms with van der Waals surface area (Å²) >= 11 is 0. The number of fused-ring (bicyclic) bond motifs is 1. The predicted molar refractivity (Wildman–Crippen MR) is 111 cm³/mol. The Labute approximate surface area is 162 Å². The molecule has 28 heavy (non-hydrogen) atoms. The number of allylic oxidation sites excluding steroid dienone is 2. The monoisotopic (exact) mass is 371 g/mol. The fourth-order valence-electron chi connectivity index (χ4n) is 3.45. The highest BCUT2D eigenvalue weighted by atomic mass is 16.1.